The first kappa shape index (κ1) is 9.76. The number of esters is 1. The zero-order valence-corrected chi connectivity index (χ0v) is 6.92. The van der Waals surface area contributed by atoms with E-state index in [0.717, 1.165) is 0 Å². The predicted octanol–water partition coefficient (Wildman–Crippen LogP) is 0.255. The van der Waals surface area contributed by atoms with Gasteiger partial charge in [0.2, 0.25) is 0 Å². The number of nitrogens with zero attached hydrogens (tertiary/aromatic N) is 1. The van der Waals surface area contributed by atoms with Crippen LogP contribution in [0.1, 0.15) is 13.8 Å². The summed E-state index contributed by atoms with van der Waals surface area (Å²) in [6, 6.07) is -0.523. The lowest BCUT2D eigenvalue weighted by Crippen LogP contribution is -2.39. The molecule has 0 bridgehead atoms. The highest BCUT2D eigenvalue weighted by molar-refractivity contribution is 5.76. The van der Waals surface area contributed by atoms with E-state index in [9.17, 15) is 4.79 Å². The van der Waals surface area contributed by atoms with E-state index < -0.39 is 12.0 Å². The molecule has 0 aliphatic carbocycles. The molecule has 0 aromatic heterocycles. The Morgan fingerprint density at radius 2 is 2.18 bits per heavy atom. The van der Waals surface area contributed by atoms with Crippen molar-refractivity contribution >= 4 is 5.97 Å². The number of ether oxygens (including phenoxy) is 1. The molecule has 62 valence electrons. The molecule has 1 unspecified atom stereocenters. The Kier molecular flexibility index (Phi) is 4.04. The van der Waals surface area contributed by atoms with Crippen molar-refractivity contribution in [3.8, 4) is 6.19 Å². The number of hydrogen-bond donors (Lipinski definition) is 1. The number of nitrogens with one attached hydrogen (secondary N) is 1. The summed E-state index contributed by atoms with van der Waals surface area (Å²) in [5, 5.41) is 10.6. The van der Waals surface area contributed by atoms with Crippen molar-refractivity contribution in [2.45, 2.75) is 19.9 Å². The highest BCUT2D eigenvalue weighted by Gasteiger charge is 2.21. The van der Waals surface area contributed by atoms with E-state index in [2.05, 4.69) is 10.1 Å². The van der Waals surface area contributed by atoms with Crippen LogP contribution in [-0.2, 0) is 9.53 Å². The molecule has 0 saturated heterocycles. The Morgan fingerprint density at radius 3 is 2.45 bits per heavy atom. The quantitative estimate of drug-likeness (QED) is 0.361. The van der Waals surface area contributed by atoms with Crippen molar-refractivity contribution in [1.82, 2.24) is 5.32 Å². The average Bonchev–Trinajstić information content (AvgIpc) is 1.98. The maximum Gasteiger partial charge on any atom is 0.329 e. The van der Waals surface area contributed by atoms with Crippen molar-refractivity contribution in [3.05, 3.63) is 0 Å². The third-order valence-electron chi connectivity index (χ3n) is 1.34. The summed E-state index contributed by atoms with van der Waals surface area (Å²) in [6.45, 7) is 3.68. The van der Waals surface area contributed by atoms with E-state index in [4.69, 9.17) is 5.26 Å². The fraction of sp³-hybridized carbons (Fsp3) is 0.714. The molecule has 0 aromatic carbocycles. The Labute approximate surface area is 66.1 Å². The van der Waals surface area contributed by atoms with Gasteiger partial charge in [-0.15, -0.1) is 0 Å². The molecule has 0 heterocycles. The van der Waals surface area contributed by atoms with E-state index in [1.54, 1.807) is 6.19 Å². The monoisotopic (exact) mass is 156 g/mol. The Hall–Kier alpha value is -1.24. The van der Waals surface area contributed by atoms with Crippen LogP contribution in [0.25, 0.3) is 0 Å². The van der Waals surface area contributed by atoms with Gasteiger partial charge in [0, 0.05) is 0 Å². The summed E-state index contributed by atoms with van der Waals surface area (Å²) in [6.07, 6.45) is 1.71. The minimum Gasteiger partial charge on any atom is -0.467 e. The molecule has 0 saturated carbocycles. The van der Waals surface area contributed by atoms with E-state index in [1.807, 2.05) is 13.8 Å². The minimum atomic E-state index is -0.523. The van der Waals surface area contributed by atoms with Gasteiger partial charge in [-0.3, -0.25) is 0 Å². The van der Waals surface area contributed by atoms with Gasteiger partial charge in [-0.05, 0) is 5.92 Å². The molecule has 4 heteroatoms. The predicted molar refractivity (Wildman–Crippen MR) is 39.4 cm³/mol. The average molecular weight is 156 g/mol. The molecule has 0 aliphatic rings. The Bertz CT molecular complexity index is 172. The second-order valence-electron chi connectivity index (χ2n) is 2.50. The molecule has 0 aromatic rings. The third kappa shape index (κ3) is 2.89. The number of rotatable bonds is 3. The van der Waals surface area contributed by atoms with Crippen LogP contribution >= 0.6 is 0 Å². The van der Waals surface area contributed by atoms with Crippen LogP contribution < -0.4 is 5.32 Å². The molecule has 0 aliphatic heterocycles. The van der Waals surface area contributed by atoms with Gasteiger partial charge in [0.1, 0.15) is 6.04 Å². The van der Waals surface area contributed by atoms with Crippen LogP contribution in [0.2, 0.25) is 0 Å². The standard InChI is InChI=1S/C7H12N2O2/c1-5(2)6(9-4-8)7(10)11-3/h5-6,9H,1-3H3. The highest BCUT2D eigenvalue weighted by Crippen LogP contribution is 2.02. The molecule has 0 spiro atoms. The van der Waals surface area contributed by atoms with Gasteiger partial charge in [0.05, 0.1) is 7.11 Å². The first-order chi connectivity index (χ1) is 5.13. The SMILES string of the molecule is COC(=O)C(NC#N)C(C)C. The smallest absolute Gasteiger partial charge is 0.329 e. The maximum absolute atomic E-state index is 10.9. The molecule has 0 radical (unpaired) electrons. The van der Waals surface area contributed by atoms with Gasteiger partial charge in [-0.1, -0.05) is 13.8 Å². The molecule has 1 atom stereocenters. The summed E-state index contributed by atoms with van der Waals surface area (Å²) < 4.78 is 4.47. The zero-order valence-electron chi connectivity index (χ0n) is 6.92. The number of hydrogen-bond acceptors (Lipinski definition) is 4. The van der Waals surface area contributed by atoms with Crippen molar-refractivity contribution in [2.75, 3.05) is 7.11 Å². The molecule has 1 N–H and O–H groups in total. The van der Waals surface area contributed by atoms with E-state index in [0.29, 0.717) is 0 Å². The zero-order chi connectivity index (χ0) is 8.85. The van der Waals surface area contributed by atoms with Gasteiger partial charge in [0.15, 0.2) is 6.19 Å². The van der Waals surface area contributed by atoms with Gasteiger partial charge in [-0.25, -0.2) is 4.79 Å². The largest absolute Gasteiger partial charge is 0.467 e. The van der Waals surface area contributed by atoms with E-state index >= 15 is 0 Å². The Balaban J connectivity index is 4.12. The Morgan fingerprint density at radius 1 is 1.64 bits per heavy atom. The molecule has 0 amide bonds. The summed E-state index contributed by atoms with van der Waals surface area (Å²) in [4.78, 5) is 10.9. The summed E-state index contributed by atoms with van der Waals surface area (Å²) in [7, 11) is 1.30. The summed E-state index contributed by atoms with van der Waals surface area (Å²) >= 11 is 0. The van der Waals surface area contributed by atoms with Crippen LogP contribution in [0.3, 0.4) is 0 Å². The molecule has 0 fully saturated rings. The highest BCUT2D eigenvalue weighted by atomic mass is 16.5. The van der Waals surface area contributed by atoms with Crippen molar-refractivity contribution in [1.29, 1.82) is 5.26 Å². The van der Waals surface area contributed by atoms with Crippen molar-refractivity contribution in [2.24, 2.45) is 5.92 Å². The number of carbonyl (C=O) groups is 1. The van der Waals surface area contributed by atoms with E-state index in [1.165, 1.54) is 7.11 Å². The molecule has 11 heavy (non-hydrogen) atoms. The molecular formula is C7H12N2O2. The third-order valence-corrected chi connectivity index (χ3v) is 1.34. The lowest BCUT2D eigenvalue weighted by molar-refractivity contribution is -0.143. The normalized spacial score (nSPS) is 11.9. The second kappa shape index (κ2) is 4.56. The van der Waals surface area contributed by atoms with Crippen molar-refractivity contribution < 1.29 is 9.53 Å². The van der Waals surface area contributed by atoms with Gasteiger partial charge >= 0.3 is 5.97 Å². The molecule has 4 nitrogen and oxygen atoms in total. The number of carbonyl (C=O) groups excluding carboxylic acids is 1. The van der Waals surface area contributed by atoms with Crippen LogP contribution in [0, 0.1) is 17.4 Å². The summed E-state index contributed by atoms with van der Waals surface area (Å²) in [5.74, 6) is -0.344. The first-order valence-electron chi connectivity index (χ1n) is 3.36. The number of methoxy groups -OCH3 is 1. The maximum atomic E-state index is 10.9. The lowest BCUT2D eigenvalue weighted by Gasteiger charge is -2.15. The van der Waals surface area contributed by atoms with Crippen LogP contribution in [0.5, 0.6) is 0 Å². The van der Waals surface area contributed by atoms with Crippen LogP contribution in [-0.4, -0.2) is 19.1 Å². The topological polar surface area (TPSA) is 62.1 Å². The van der Waals surface area contributed by atoms with Crippen LogP contribution in [0.4, 0.5) is 0 Å². The first-order valence-corrected chi connectivity index (χ1v) is 3.36. The van der Waals surface area contributed by atoms with Gasteiger partial charge in [0.25, 0.3) is 0 Å². The van der Waals surface area contributed by atoms with Crippen molar-refractivity contribution in [3.63, 3.8) is 0 Å². The number of nitriles is 1. The van der Waals surface area contributed by atoms with Gasteiger partial charge in [-0.2, -0.15) is 5.26 Å². The summed E-state index contributed by atoms with van der Waals surface area (Å²) in [5.41, 5.74) is 0. The van der Waals surface area contributed by atoms with Crippen LogP contribution in [0.15, 0.2) is 0 Å². The van der Waals surface area contributed by atoms with Gasteiger partial charge < -0.3 is 10.1 Å². The lowest BCUT2D eigenvalue weighted by atomic mass is 10.1. The molecular weight excluding hydrogens is 144 g/mol. The fourth-order valence-electron chi connectivity index (χ4n) is 0.694. The fourth-order valence-corrected chi connectivity index (χ4v) is 0.694. The second-order valence-corrected chi connectivity index (χ2v) is 2.50. The van der Waals surface area contributed by atoms with E-state index in [-0.39, 0.29) is 5.92 Å². The molecule has 0 rings (SSSR count). The minimum absolute atomic E-state index is 0.0575.